The van der Waals surface area contributed by atoms with E-state index in [0.29, 0.717) is 24.4 Å². The monoisotopic (exact) mass is 353 g/mol. The van der Waals surface area contributed by atoms with Crippen LogP contribution >= 0.6 is 12.4 Å². The van der Waals surface area contributed by atoms with Crippen molar-refractivity contribution in [2.45, 2.75) is 39.2 Å². The summed E-state index contributed by atoms with van der Waals surface area (Å²) in [4.78, 5) is 27.9. The van der Waals surface area contributed by atoms with Gasteiger partial charge in [-0.2, -0.15) is 0 Å². The number of hydrogen-bond acceptors (Lipinski definition) is 3. The van der Waals surface area contributed by atoms with Crippen LogP contribution in [0.4, 0.5) is 5.69 Å². The number of hydrogen-bond donors (Lipinski definition) is 1. The summed E-state index contributed by atoms with van der Waals surface area (Å²) in [6.07, 6.45) is 2.25. The molecule has 2 rings (SSSR count). The van der Waals surface area contributed by atoms with Gasteiger partial charge < -0.3 is 15.5 Å². The lowest BCUT2D eigenvalue weighted by Gasteiger charge is -2.22. The second-order valence-corrected chi connectivity index (χ2v) is 6.62. The lowest BCUT2D eigenvalue weighted by Crippen LogP contribution is -2.34. The number of nitrogens with two attached hydrogens (primary N) is 1. The van der Waals surface area contributed by atoms with Gasteiger partial charge in [-0.3, -0.25) is 9.59 Å². The molecule has 6 heteroatoms. The van der Waals surface area contributed by atoms with Gasteiger partial charge in [0.15, 0.2) is 0 Å². The second kappa shape index (κ2) is 9.04. The first-order valence-electron chi connectivity index (χ1n) is 8.31. The van der Waals surface area contributed by atoms with Crippen LogP contribution in [0.5, 0.6) is 0 Å². The molecule has 1 aliphatic rings. The molecule has 0 radical (unpaired) electrons. The maximum Gasteiger partial charge on any atom is 0.253 e. The molecule has 24 heavy (non-hydrogen) atoms. The SMILES string of the molecule is CC(C)C(N)CCN(C)C(=O)c1cccc(N2CCCC2=O)c1.Cl. The van der Waals surface area contributed by atoms with E-state index in [9.17, 15) is 9.59 Å². The Hall–Kier alpha value is -1.59. The lowest BCUT2D eigenvalue weighted by atomic mass is 10.0. The van der Waals surface area contributed by atoms with Crippen LogP contribution in [0.3, 0.4) is 0 Å². The van der Waals surface area contributed by atoms with E-state index in [1.807, 2.05) is 18.2 Å². The summed E-state index contributed by atoms with van der Waals surface area (Å²) < 4.78 is 0. The molecule has 1 atom stereocenters. The highest BCUT2D eigenvalue weighted by Crippen LogP contribution is 2.22. The summed E-state index contributed by atoms with van der Waals surface area (Å²) in [5.41, 5.74) is 7.47. The fraction of sp³-hybridized carbons (Fsp3) is 0.556. The Balaban J connectivity index is 0.00000288. The molecule has 0 spiro atoms. The highest BCUT2D eigenvalue weighted by atomic mass is 35.5. The number of nitrogens with zero attached hydrogens (tertiary/aromatic N) is 2. The number of benzene rings is 1. The summed E-state index contributed by atoms with van der Waals surface area (Å²) in [5.74, 6) is 0.503. The van der Waals surface area contributed by atoms with E-state index in [4.69, 9.17) is 5.73 Å². The van der Waals surface area contributed by atoms with Gasteiger partial charge >= 0.3 is 0 Å². The maximum atomic E-state index is 12.6. The van der Waals surface area contributed by atoms with Crippen LogP contribution in [-0.2, 0) is 4.79 Å². The number of amides is 2. The van der Waals surface area contributed by atoms with Crippen molar-refractivity contribution < 1.29 is 9.59 Å². The Labute approximate surface area is 150 Å². The third-order valence-electron chi connectivity index (χ3n) is 4.48. The van der Waals surface area contributed by atoms with Gasteiger partial charge in [0.05, 0.1) is 0 Å². The molecule has 2 amide bonds. The lowest BCUT2D eigenvalue weighted by molar-refractivity contribution is -0.117. The molecule has 134 valence electrons. The molecule has 0 saturated carbocycles. The average molecular weight is 354 g/mol. The molecular formula is C18H28ClN3O2. The van der Waals surface area contributed by atoms with E-state index in [1.54, 1.807) is 22.9 Å². The van der Waals surface area contributed by atoms with Crippen molar-refractivity contribution >= 4 is 29.9 Å². The molecule has 1 aromatic carbocycles. The minimum atomic E-state index is -0.0329. The Kier molecular flexibility index (Phi) is 7.70. The van der Waals surface area contributed by atoms with E-state index < -0.39 is 0 Å². The van der Waals surface area contributed by atoms with Crippen molar-refractivity contribution in [3.8, 4) is 0 Å². The molecule has 1 saturated heterocycles. The van der Waals surface area contributed by atoms with E-state index in [2.05, 4.69) is 13.8 Å². The minimum Gasteiger partial charge on any atom is -0.342 e. The van der Waals surface area contributed by atoms with Gasteiger partial charge in [0.1, 0.15) is 0 Å². The van der Waals surface area contributed by atoms with Crippen LogP contribution in [0.2, 0.25) is 0 Å². The summed E-state index contributed by atoms with van der Waals surface area (Å²) >= 11 is 0. The van der Waals surface area contributed by atoms with Gasteiger partial charge in [0.2, 0.25) is 5.91 Å². The second-order valence-electron chi connectivity index (χ2n) is 6.62. The van der Waals surface area contributed by atoms with Gasteiger partial charge in [-0.05, 0) is 37.0 Å². The molecule has 1 heterocycles. The molecule has 2 N–H and O–H groups in total. The topological polar surface area (TPSA) is 66.6 Å². The smallest absolute Gasteiger partial charge is 0.253 e. The zero-order chi connectivity index (χ0) is 17.0. The zero-order valence-corrected chi connectivity index (χ0v) is 15.5. The van der Waals surface area contributed by atoms with Crippen molar-refractivity contribution in [1.82, 2.24) is 4.90 Å². The third-order valence-corrected chi connectivity index (χ3v) is 4.48. The standard InChI is InChI=1S/C18H27N3O2.ClH/c1-13(2)16(19)9-11-20(3)18(23)14-6-4-7-15(12-14)21-10-5-8-17(21)22;/h4,6-7,12-13,16H,5,8-11,19H2,1-3H3;1H. The average Bonchev–Trinajstić information content (AvgIpc) is 2.97. The normalized spacial score (nSPS) is 15.4. The number of anilines is 1. The van der Waals surface area contributed by atoms with Crippen LogP contribution in [0, 0.1) is 5.92 Å². The number of carbonyl (C=O) groups is 2. The van der Waals surface area contributed by atoms with Crippen molar-refractivity contribution in [3.63, 3.8) is 0 Å². The van der Waals surface area contributed by atoms with Gasteiger partial charge in [-0.25, -0.2) is 0 Å². The van der Waals surface area contributed by atoms with Crippen LogP contribution in [0.15, 0.2) is 24.3 Å². The molecule has 0 aromatic heterocycles. The highest BCUT2D eigenvalue weighted by molar-refractivity contribution is 5.99. The zero-order valence-electron chi connectivity index (χ0n) is 14.7. The Morgan fingerprint density at radius 2 is 2.08 bits per heavy atom. The summed E-state index contributed by atoms with van der Waals surface area (Å²) in [7, 11) is 1.79. The van der Waals surface area contributed by atoms with Crippen LogP contribution in [0.1, 0.15) is 43.5 Å². The third kappa shape index (κ3) is 4.95. The number of rotatable bonds is 6. The summed E-state index contributed by atoms with van der Waals surface area (Å²) in [6, 6.07) is 7.42. The van der Waals surface area contributed by atoms with E-state index in [0.717, 1.165) is 25.1 Å². The highest BCUT2D eigenvalue weighted by Gasteiger charge is 2.23. The van der Waals surface area contributed by atoms with Crippen molar-refractivity contribution in [1.29, 1.82) is 0 Å². The largest absolute Gasteiger partial charge is 0.342 e. The van der Waals surface area contributed by atoms with Crippen molar-refractivity contribution in [3.05, 3.63) is 29.8 Å². The van der Waals surface area contributed by atoms with Crippen molar-refractivity contribution in [2.75, 3.05) is 25.0 Å². The van der Waals surface area contributed by atoms with E-state index in [1.165, 1.54) is 0 Å². The molecule has 0 aliphatic carbocycles. The summed E-state index contributed by atoms with van der Waals surface area (Å²) in [5, 5.41) is 0. The fourth-order valence-corrected chi connectivity index (χ4v) is 2.73. The molecule has 1 fully saturated rings. The van der Waals surface area contributed by atoms with Gasteiger partial charge in [0.25, 0.3) is 5.91 Å². The van der Waals surface area contributed by atoms with E-state index >= 15 is 0 Å². The number of carbonyl (C=O) groups excluding carboxylic acids is 2. The first-order chi connectivity index (χ1) is 10.9. The Morgan fingerprint density at radius 3 is 2.67 bits per heavy atom. The minimum absolute atomic E-state index is 0. The molecule has 1 aromatic rings. The molecular weight excluding hydrogens is 326 g/mol. The van der Waals surface area contributed by atoms with Crippen LogP contribution in [-0.4, -0.2) is 42.9 Å². The maximum absolute atomic E-state index is 12.6. The fourth-order valence-electron chi connectivity index (χ4n) is 2.73. The molecule has 1 unspecified atom stereocenters. The van der Waals surface area contributed by atoms with Gasteiger partial charge in [-0.1, -0.05) is 19.9 Å². The molecule has 0 bridgehead atoms. The number of halogens is 1. The first-order valence-corrected chi connectivity index (χ1v) is 8.31. The van der Waals surface area contributed by atoms with E-state index in [-0.39, 0.29) is 30.3 Å². The molecule has 5 nitrogen and oxygen atoms in total. The molecule has 1 aliphatic heterocycles. The van der Waals surface area contributed by atoms with Gasteiger partial charge in [-0.15, -0.1) is 12.4 Å². The Morgan fingerprint density at radius 1 is 1.38 bits per heavy atom. The van der Waals surface area contributed by atoms with Crippen LogP contribution in [0.25, 0.3) is 0 Å². The van der Waals surface area contributed by atoms with Crippen LogP contribution < -0.4 is 10.6 Å². The Bertz CT molecular complexity index is 577. The quantitative estimate of drug-likeness (QED) is 0.855. The van der Waals surface area contributed by atoms with Gasteiger partial charge in [0, 0.05) is 43.9 Å². The predicted octanol–water partition coefficient (Wildman–Crippen LogP) is 2.68. The van der Waals surface area contributed by atoms with Crippen molar-refractivity contribution in [2.24, 2.45) is 11.7 Å². The summed E-state index contributed by atoms with van der Waals surface area (Å²) in [6.45, 7) is 5.53. The predicted molar refractivity (Wildman–Crippen MR) is 99.7 cm³/mol. The first kappa shape index (κ1) is 20.5.